The summed E-state index contributed by atoms with van der Waals surface area (Å²) in [5, 5.41) is 10.3. The molecule has 41 heavy (non-hydrogen) atoms. The van der Waals surface area contributed by atoms with E-state index in [0.717, 1.165) is 36.1 Å². The molecule has 0 radical (unpaired) electrons. The number of anilines is 1. The Labute approximate surface area is 235 Å². The Balaban J connectivity index is 1.29. The number of carbonyl (C=O) groups excluding carboxylic acids is 2. The van der Waals surface area contributed by atoms with E-state index >= 15 is 0 Å². The van der Waals surface area contributed by atoms with Gasteiger partial charge in [-0.05, 0) is 67.7 Å². The lowest BCUT2D eigenvalue weighted by Crippen LogP contribution is -2.40. The van der Waals surface area contributed by atoms with Gasteiger partial charge in [-0.3, -0.25) is 14.6 Å². The van der Waals surface area contributed by atoms with Gasteiger partial charge in [0.2, 0.25) is 5.91 Å². The number of hydrogen-bond acceptors (Lipinski definition) is 5. The van der Waals surface area contributed by atoms with E-state index in [1.165, 1.54) is 12.1 Å². The molecule has 0 saturated carbocycles. The van der Waals surface area contributed by atoms with Crippen molar-refractivity contribution in [3.05, 3.63) is 89.4 Å². The summed E-state index contributed by atoms with van der Waals surface area (Å²) in [5.74, 6) is -0.581. The van der Waals surface area contributed by atoms with Gasteiger partial charge in [0.1, 0.15) is 0 Å². The SMILES string of the molecule is Cc1ccc(NC(=O)c2cccc(C(F)(F)F)c2)cc1-n1cc(C2C=NC=CC2NC(=O)CC2CCOCC2)cn1. The summed E-state index contributed by atoms with van der Waals surface area (Å²) in [6.07, 6.45) is 6.52. The van der Waals surface area contributed by atoms with Gasteiger partial charge in [-0.25, -0.2) is 4.68 Å². The number of carbonyl (C=O) groups is 2. The summed E-state index contributed by atoms with van der Waals surface area (Å²) >= 11 is 0. The first-order valence-electron chi connectivity index (χ1n) is 13.4. The lowest BCUT2D eigenvalue weighted by Gasteiger charge is -2.26. The van der Waals surface area contributed by atoms with Crippen molar-refractivity contribution in [2.45, 2.75) is 44.3 Å². The Hall–Kier alpha value is -4.25. The molecule has 2 aliphatic rings. The van der Waals surface area contributed by atoms with E-state index < -0.39 is 17.6 Å². The zero-order valence-corrected chi connectivity index (χ0v) is 22.4. The Bertz CT molecular complexity index is 1470. The van der Waals surface area contributed by atoms with Crippen LogP contribution in [0, 0.1) is 12.8 Å². The molecule has 2 N–H and O–H groups in total. The summed E-state index contributed by atoms with van der Waals surface area (Å²) < 4.78 is 46.3. The highest BCUT2D eigenvalue weighted by molar-refractivity contribution is 6.04. The average Bonchev–Trinajstić information content (AvgIpc) is 3.44. The lowest BCUT2D eigenvalue weighted by molar-refractivity contribution is -0.137. The van der Waals surface area contributed by atoms with E-state index in [1.54, 1.807) is 41.5 Å². The van der Waals surface area contributed by atoms with Crippen molar-refractivity contribution in [1.82, 2.24) is 15.1 Å². The fraction of sp³-hybridized carbons (Fsp3) is 0.333. The highest BCUT2D eigenvalue weighted by Gasteiger charge is 2.31. The van der Waals surface area contributed by atoms with Crippen LogP contribution in [0.15, 0.2) is 72.1 Å². The molecule has 0 spiro atoms. The largest absolute Gasteiger partial charge is 0.416 e. The summed E-state index contributed by atoms with van der Waals surface area (Å²) in [4.78, 5) is 29.8. The fourth-order valence-corrected chi connectivity index (χ4v) is 5.00. The average molecular weight is 566 g/mol. The molecule has 0 bridgehead atoms. The standard InChI is InChI=1S/C30H30F3N5O3/c1-19-5-6-24(36-29(40)21-3-2-4-23(14-21)30(31,32)33)15-27(19)38-18-22(16-35-38)25-17-34-10-7-26(25)37-28(39)13-20-8-11-41-12-9-20/h2-7,10,14-18,20,25-26H,8-9,11-13H2,1H3,(H,36,40)(H,37,39). The maximum Gasteiger partial charge on any atom is 0.416 e. The first-order valence-corrected chi connectivity index (χ1v) is 13.4. The van der Waals surface area contributed by atoms with Crippen molar-refractivity contribution in [3.8, 4) is 5.69 Å². The van der Waals surface area contributed by atoms with Gasteiger partial charge in [-0.2, -0.15) is 18.3 Å². The fourth-order valence-electron chi connectivity index (χ4n) is 5.00. The molecule has 2 aromatic carbocycles. The molecule has 1 fully saturated rings. The van der Waals surface area contributed by atoms with E-state index in [2.05, 4.69) is 20.7 Å². The number of alkyl halides is 3. The lowest BCUT2D eigenvalue weighted by atomic mass is 9.92. The molecule has 5 rings (SSSR count). The molecule has 214 valence electrons. The molecule has 2 atom stereocenters. The van der Waals surface area contributed by atoms with E-state index in [9.17, 15) is 22.8 Å². The molecule has 2 amide bonds. The third-order valence-corrected chi connectivity index (χ3v) is 7.31. The predicted octanol–water partition coefficient (Wildman–Crippen LogP) is 5.44. The van der Waals surface area contributed by atoms with Gasteiger partial charge in [0.05, 0.1) is 23.5 Å². The van der Waals surface area contributed by atoms with E-state index in [4.69, 9.17) is 4.74 Å². The van der Waals surface area contributed by atoms with Crippen molar-refractivity contribution in [3.63, 3.8) is 0 Å². The second-order valence-electron chi connectivity index (χ2n) is 10.3. The number of aryl methyl sites for hydroxylation is 1. The number of benzene rings is 2. The Morgan fingerprint density at radius 3 is 2.71 bits per heavy atom. The molecule has 1 saturated heterocycles. The van der Waals surface area contributed by atoms with Crippen LogP contribution in [0.2, 0.25) is 0 Å². The monoisotopic (exact) mass is 565 g/mol. The minimum absolute atomic E-state index is 0.0145. The maximum absolute atomic E-state index is 13.1. The van der Waals surface area contributed by atoms with E-state index in [1.807, 2.05) is 19.2 Å². The molecule has 2 aliphatic heterocycles. The minimum atomic E-state index is -4.55. The van der Waals surface area contributed by atoms with Crippen LogP contribution >= 0.6 is 0 Å². The Morgan fingerprint density at radius 1 is 1.12 bits per heavy atom. The maximum atomic E-state index is 13.1. The zero-order chi connectivity index (χ0) is 29.0. The van der Waals surface area contributed by atoms with Crippen LogP contribution in [-0.2, 0) is 15.7 Å². The molecule has 3 aromatic rings. The van der Waals surface area contributed by atoms with Gasteiger partial charge >= 0.3 is 6.18 Å². The normalized spacial score (nSPS) is 19.2. The highest BCUT2D eigenvalue weighted by Crippen LogP contribution is 2.30. The smallest absolute Gasteiger partial charge is 0.381 e. The van der Waals surface area contributed by atoms with Gasteiger partial charge in [-0.1, -0.05) is 12.1 Å². The van der Waals surface area contributed by atoms with Crippen LogP contribution in [0.5, 0.6) is 0 Å². The van der Waals surface area contributed by atoms with Gasteiger partial charge < -0.3 is 15.4 Å². The van der Waals surface area contributed by atoms with Crippen LogP contribution in [0.3, 0.4) is 0 Å². The third kappa shape index (κ3) is 6.91. The molecule has 11 heteroatoms. The first kappa shape index (κ1) is 28.3. The van der Waals surface area contributed by atoms with Crippen molar-refractivity contribution in [1.29, 1.82) is 0 Å². The predicted molar refractivity (Wildman–Crippen MR) is 148 cm³/mol. The number of nitrogens with zero attached hydrogens (tertiary/aromatic N) is 3. The number of nitrogens with one attached hydrogen (secondary N) is 2. The molecular weight excluding hydrogens is 535 g/mol. The number of aliphatic imine (C=N–C) groups is 1. The van der Waals surface area contributed by atoms with Crippen LogP contribution < -0.4 is 10.6 Å². The van der Waals surface area contributed by atoms with Gasteiger partial charge in [-0.15, -0.1) is 0 Å². The number of ether oxygens (including phenoxy) is 1. The number of aromatic nitrogens is 2. The molecule has 2 unspecified atom stereocenters. The highest BCUT2D eigenvalue weighted by atomic mass is 19.4. The quantitative estimate of drug-likeness (QED) is 0.399. The topological polar surface area (TPSA) is 97.6 Å². The van der Waals surface area contributed by atoms with Gasteiger partial charge in [0.25, 0.3) is 5.91 Å². The van der Waals surface area contributed by atoms with Crippen LogP contribution in [0.4, 0.5) is 18.9 Å². The number of amides is 2. The van der Waals surface area contributed by atoms with Crippen molar-refractivity contribution < 1.29 is 27.5 Å². The molecule has 8 nitrogen and oxygen atoms in total. The summed E-state index contributed by atoms with van der Waals surface area (Å²) in [7, 11) is 0. The molecule has 1 aromatic heterocycles. The van der Waals surface area contributed by atoms with Gasteiger partial charge in [0.15, 0.2) is 0 Å². The molecule has 0 aliphatic carbocycles. The van der Waals surface area contributed by atoms with Crippen LogP contribution in [0.1, 0.15) is 52.2 Å². The van der Waals surface area contributed by atoms with Crippen LogP contribution in [-0.4, -0.2) is 47.1 Å². The van der Waals surface area contributed by atoms with Gasteiger partial charge in [0, 0.05) is 61.0 Å². The summed E-state index contributed by atoms with van der Waals surface area (Å²) in [5.41, 5.74) is 1.81. The van der Waals surface area contributed by atoms with E-state index in [0.29, 0.717) is 36.9 Å². The summed E-state index contributed by atoms with van der Waals surface area (Å²) in [6, 6.07) is 9.18. The van der Waals surface area contributed by atoms with Crippen molar-refractivity contribution in [2.24, 2.45) is 10.9 Å². The number of hydrogen-bond donors (Lipinski definition) is 2. The minimum Gasteiger partial charge on any atom is -0.381 e. The Morgan fingerprint density at radius 2 is 1.93 bits per heavy atom. The van der Waals surface area contributed by atoms with Crippen LogP contribution in [0.25, 0.3) is 5.69 Å². The van der Waals surface area contributed by atoms with E-state index in [-0.39, 0.29) is 23.4 Å². The molecule has 3 heterocycles. The number of rotatable bonds is 7. The Kier molecular flexibility index (Phi) is 8.34. The van der Waals surface area contributed by atoms with Crippen molar-refractivity contribution in [2.75, 3.05) is 18.5 Å². The second kappa shape index (κ2) is 12.1. The first-order chi connectivity index (χ1) is 19.7. The number of halogens is 3. The second-order valence-corrected chi connectivity index (χ2v) is 10.3. The molecular formula is C30H30F3N5O3. The van der Waals surface area contributed by atoms with Crippen molar-refractivity contribution >= 4 is 23.7 Å². The zero-order valence-electron chi connectivity index (χ0n) is 22.4. The third-order valence-electron chi connectivity index (χ3n) is 7.31. The summed E-state index contributed by atoms with van der Waals surface area (Å²) in [6.45, 7) is 3.26.